The smallest absolute Gasteiger partial charge is 0.0613 e. The van der Waals surface area contributed by atoms with E-state index in [9.17, 15) is 0 Å². The highest BCUT2D eigenvalue weighted by Crippen LogP contribution is 2.45. The number of hydrogen-bond donors (Lipinski definition) is 3. The highest BCUT2D eigenvalue weighted by atomic mass is 15.2. The summed E-state index contributed by atoms with van der Waals surface area (Å²) in [5.41, 5.74) is 15.9. The van der Waals surface area contributed by atoms with Gasteiger partial charge in [-0.2, -0.15) is 0 Å². The van der Waals surface area contributed by atoms with Crippen LogP contribution < -0.4 is 20.9 Å². The zero-order chi connectivity index (χ0) is 42.9. The highest BCUT2D eigenvalue weighted by molar-refractivity contribution is 5.61. The van der Waals surface area contributed by atoms with Gasteiger partial charge in [0.05, 0.1) is 23.5 Å². The van der Waals surface area contributed by atoms with Gasteiger partial charge in [0.2, 0.25) is 0 Å². The summed E-state index contributed by atoms with van der Waals surface area (Å²) in [7, 11) is 9.28. The Labute approximate surface area is 378 Å². The lowest BCUT2D eigenvalue weighted by atomic mass is 9.77. The van der Waals surface area contributed by atoms with E-state index in [1.165, 1.54) is 128 Å². The van der Waals surface area contributed by atoms with Crippen molar-refractivity contribution < 1.29 is 0 Å². The van der Waals surface area contributed by atoms with E-state index in [0.29, 0.717) is 42.2 Å². The van der Waals surface area contributed by atoms with Crippen molar-refractivity contribution in [2.45, 2.75) is 152 Å². The first kappa shape index (κ1) is 43.1. The molecule has 0 amide bonds. The first-order chi connectivity index (χ1) is 30.9. The van der Waals surface area contributed by atoms with Crippen LogP contribution in [0.25, 0.3) is 0 Å². The van der Waals surface area contributed by atoms with Gasteiger partial charge in [-0.15, -0.1) is 0 Å². The molecule has 5 atom stereocenters. The van der Waals surface area contributed by atoms with E-state index in [1.54, 1.807) is 11.1 Å². The van der Waals surface area contributed by atoms with Gasteiger partial charge in [0.25, 0.3) is 0 Å². The normalized spacial score (nSPS) is 25.6. The molecule has 5 heterocycles. The fourth-order valence-corrected chi connectivity index (χ4v) is 12.8. The predicted octanol–water partition coefficient (Wildman–Crippen LogP) is 8.78. The molecule has 0 bridgehead atoms. The number of nitrogens with one attached hydrogen (secondary N) is 3. The lowest BCUT2D eigenvalue weighted by molar-refractivity contribution is 0.187. The van der Waals surface area contributed by atoms with Crippen molar-refractivity contribution in [3.8, 4) is 0 Å². The van der Waals surface area contributed by atoms with Crippen molar-refractivity contribution in [1.82, 2.24) is 35.3 Å². The topological polar surface area (TPSA) is 74.8 Å². The minimum atomic E-state index is 0.314. The van der Waals surface area contributed by atoms with Crippen molar-refractivity contribution in [2.75, 3.05) is 64.6 Å². The maximum Gasteiger partial charge on any atom is 0.0613 e. The minimum absolute atomic E-state index is 0.314. The molecule has 2 aromatic carbocycles. The lowest BCUT2D eigenvalue weighted by Gasteiger charge is -2.40. The number of fused-ring (bicyclic) bond motifs is 4. The number of nitrogens with zero attached hydrogens (tertiary/aromatic N) is 6. The number of likely N-dealkylation sites (N-methyl/N-ethyl adjacent to an activating group) is 1. The number of aromatic nitrogens is 2. The van der Waals surface area contributed by atoms with Crippen molar-refractivity contribution in [3.05, 3.63) is 117 Å². The van der Waals surface area contributed by atoms with Gasteiger partial charge in [0.1, 0.15) is 0 Å². The highest BCUT2D eigenvalue weighted by Gasteiger charge is 2.35. The third kappa shape index (κ3) is 9.33. The molecule has 2 fully saturated rings. The minimum Gasteiger partial charge on any atom is -0.382 e. The maximum absolute atomic E-state index is 5.21. The van der Waals surface area contributed by atoms with E-state index in [1.807, 2.05) is 12.4 Å². The van der Waals surface area contributed by atoms with E-state index >= 15 is 0 Å². The van der Waals surface area contributed by atoms with Crippen LogP contribution in [0.3, 0.4) is 0 Å². The molecule has 2 aromatic heterocycles. The van der Waals surface area contributed by atoms with Crippen molar-refractivity contribution in [3.63, 3.8) is 0 Å². The van der Waals surface area contributed by atoms with Crippen molar-refractivity contribution >= 4 is 11.4 Å². The van der Waals surface area contributed by atoms with Crippen LogP contribution in [0, 0.1) is 0 Å². The van der Waals surface area contributed by atoms with Gasteiger partial charge in [-0.1, -0.05) is 49.6 Å². The van der Waals surface area contributed by atoms with Crippen LogP contribution in [-0.4, -0.2) is 103 Å². The molecular weight excluding hydrogens is 775 g/mol. The van der Waals surface area contributed by atoms with Crippen molar-refractivity contribution in [1.29, 1.82) is 0 Å². The summed E-state index contributed by atoms with van der Waals surface area (Å²) in [4.78, 5) is 20.4. The summed E-state index contributed by atoms with van der Waals surface area (Å²) in [5.74, 6) is 0.353. The Hall–Kier alpha value is -3.86. The molecule has 1 unspecified atom stereocenters. The van der Waals surface area contributed by atoms with Crippen LogP contribution in [0.2, 0.25) is 0 Å². The third-order valence-electron chi connectivity index (χ3n) is 16.5. The molecule has 9 heteroatoms. The number of piperidine rings is 1. The number of benzene rings is 2. The Morgan fingerprint density at radius 2 is 1.44 bits per heavy atom. The molecule has 336 valence electrons. The van der Waals surface area contributed by atoms with E-state index in [2.05, 4.69) is 118 Å². The van der Waals surface area contributed by atoms with Crippen molar-refractivity contribution in [2.24, 2.45) is 0 Å². The van der Waals surface area contributed by atoms with E-state index in [-0.39, 0.29) is 0 Å². The second-order valence-corrected chi connectivity index (χ2v) is 20.6. The zero-order valence-corrected chi connectivity index (χ0v) is 38.9. The van der Waals surface area contributed by atoms with Gasteiger partial charge in [-0.05, 0) is 181 Å². The van der Waals surface area contributed by atoms with Gasteiger partial charge in [-0.3, -0.25) is 19.8 Å². The molecule has 1 saturated carbocycles. The quantitative estimate of drug-likeness (QED) is 0.130. The largest absolute Gasteiger partial charge is 0.382 e. The second kappa shape index (κ2) is 19.3. The Kier molecular flexibility index (Phi) is 13.2. The Balaban J connectivity index is 0.844. The summed E-state index contributed by atoms with van der Waals surface area (Å²) >= 11 is 0. The van der Waals surface area contributed by atoms with Gasteiger partial charge >= 0.3 is 0 Å². The van der Waals surface area contributed by atoms with Gasteiger partial charge in [0.15, 0.2) is 0 Å². The molecule has 10 rings (SSSR count). The summed E-state index contributed by atoms with van der Waals surface area (Å²) < 4.78 is 0. The van der Waals surface area contributed by atoms with Crippen LogP contribution in [0.1, 0.15) is 145 Å². The number of likely N-dealkylation sites (tertiary alicyclic amines) is 1. The fraction of sp³-hybridized carbons (Fsp3) is 0.593. The second-order valence-electron chi connectivity index (χ2n) is 20.6. The molecule has 0 radical (unpaired) electrons. The monoisotopic (exact) mass is 850 g/mol. The molecule has 63 heavy (non-hydrogen) atoms. The molecule has 9 nitrogen and oxygen atoms in total. The zero-order valence-electron chi connectivity index (χ0n) is 38.9. The number of aryl methyl sites for hydroxylation is 1. The standard InChI is InChI=1S/C54H75N9/c1-60-27-23-44(24-28-60)63(4)50-18-9-13-38-34-58-43(33-48(38)50)36-62(3)52-21-20-45(46-17-11-26-56-54(46)52)39-30-40-35-57-42(32-47(40)49(31-39)59-41-15-6-5-7-16-41)22-29-61(2)51-19-8-12-37-14-10-25-55-53(37)51/h9-11,13-14,17-18,25-26,30-31,41-45,51-52,57-59H,5-8,12,15-16,19-24,27-29,32-36H2,1-4H3/t42-,43+,45?,51-,52-/m0/s1. The molecule has 4 aromatic rings. The molecule has 1 saturated heterocycles. The van der Waals surface area contributed by atoms with E-state index in [4.69, 9.17) is 9.97 Å². The Morgan fingerprint density at radius 3 is 2.30 bits per heavy atom. The Morgan fingerprint density at radius 1 is 0.698 bits per heavy atom. The van der Waals surface area contributed by atoms with Gasteiger partial charge in [0, 0.05) is 80.5 Å². The number of rotatable bonds is 12. The molecule has 3 N–H and O–H groups in total. The summed E-state index contributed by atoms with van der Waals surface area (Å²) in [6, 6.07) is 23.9. The van der Waals surface area contributed by atoms with Gasteiger partial charge in [-0.25, -0.2) is 0 Å². The molecule has 3 aliphatic carbocycles. The molecule has 3 aliphatic heterocycles. The van der Waals surface area contributed by atoms with Crippen LogP contribution in [0.5, 0.6) is 0 Å². The maximum atomic E-state index is 5.21. The predicted molar refractivity (Wildman–Crippen MR) is 259 cm³/mol. The van der Waals surface area contributed by atoms with Gasteiger partial charge < -0.3 is 25.8 Å². The third-order valence-corrected chi connectivity index (χ3v) is 16.5. The SMILES string of the molecule is CN1CCC(N(C)c2cccc3c2C[C@H](CN(C)[C@H]2CCC(c4cc5c(c(NC6CCCCC6)c4)C[C@H](CCN(C)[C@H]4CCCc6cccnc64)NC5)c4cccnc42)NC3)CC1. The fourth-order valence-electron chi connectivity index (χ4n) is 12.8. The van der Waals surface area contributed by atoms with E-state index in [0.717, 1.165) is 58.3 Å². The average Bonchev–Trinajstić information content (AvgIpc) is 3.32. The number of anilines is 2. The lowest BCUT2D eigenvalue weighted by Crippen LogP contribution is -2.46. The van der Waals surface area contributed by atoms with Crippen LogP contribution in [-0.2, 0) is 32.4 Å². The summed E-state index contributed by atoms with van der Waals surface area (Å²) in [6.45, 7) is 6.36. The number of pyridine rings is 2. The number of hydrogen-bond acceptors (Lipinski definition) is 9. The summed E-state index contributed by atoms with van der Waals surface area (Å²) in [6.07, 6.45) is 22.3. The molecular formula is C54H75N9. The van der Waals surface area contributed by atoms with Crippen LogP contribution in [0.4, 0.5) is 11.4 Å². The summed E-state index contributed by atoms with van der Waals surface area (Å²) in [5, 5.41) is 12.2. The first-order valence-corrected chi connectivity index (χ1v) is 25.1. The van der Waals surface area contributed by atoms with Crippen LogP contribution in [0.15, 0.2) is 67.0 Å². The van der Waals surface area contributed by atoms with E-state index < -0.39 is 0 Å². The molecule has 0 spiro atoms. The first-order valence-electron chi connectivity index (χ1n) is 25.1. The van der Waals surface area contributed by atoms with Crippen LogP contribution >= 0.6 is 0 Å². The Bertz CT molecular complexity index is 2170. The average molecular weight is 850 g/mol. The molecule has 6 aliphatic rings.